The van der Waals surface area contributed by atoms with Crippen LogP contribution in [0.1, 0.15) is 74.1 Å². The molecule has 0 bridgehead atoms. The van der Waals surface area contributed by atoms with Gasteiger partial charge >= 0.3 is 0 Å². The maximum atomic E-state index is 2.75. The van der Waals surface area contributed by atoms with E-state index in [2.05, 4.69) is 39.9 Å². The lowest BCUT2D eigenvalue weighted by molar-refractivity contribution is 0.397. The minimum Gasteiger partial charge on any atom is -0.323 e. The molecule has 1 aliphatic rings. The molecule has 0 amide bonds. The predicted octanol–water partition coefficient (Wildman–Crippen LogP) is 5.36. The number of hydrogen-bond acceptors (Lipinski definition) is 1. The third-order valence-corrected chi connectivity index (χ3v) is 3.06. The highest BCUT2D eigenvalue weighted by Gasteiger charge is 2.12. The molecule has 0 saturated heterocycles. The molecule has 0 radical (unpaired) electrons. The van der Waals surface area contributed by atoms with E-state index in [9.17, 15) is 0 Å². The zero-order valence-electron chi connectivity index (χ0n) is 12.8. The van der Waals surface area contributed by atoms with Crippen LogP contribution >= 0.6 is 0 Å². The molecule has 1 N–H and O–H groups in total. The second-order valence-electron chi connectivity index (χ2n) is 5.45. The normalized spacial score (nSPS) is 16.4. The van der Waals surface area contributed by atoms with E-state index in [1.807, 2.05) is 14.1 Å². The first-order valence-corrected chi connectivity index (χ1v) is 7.10. The molecule has 17 heavy (non-hydrogen) atoms. The Morgan fingerprint density at radius 1 is 1.00 bits per heavy atom. The summed E-state index contributed by atoms with van der Waals surface area (Å²) in [7, 11) is 3.75. The molecule has 1 heteroatoms. The molecule has 0 spiro atoms. The van der Waals surface area contributed by atoms with Gasteiger partial charge in [0, 0.05) is 0 Å². The van der Waals surface area contributed by atoms with Crippen LogP contribution in [0.4, 0.5) is 0 Å². The molecule has 0 aromatic rings. The summed E-state index contributed by atoms with van der Waals surface area (Å²) < 4.78 is 0. The van der Waals surface area contributed by atoms with E-state index in [-0.39, 0.29) is 7.43 Å². The van der Waals surface area contributed by atoms with E-state index in [4.69, 9.17) is 0 Å². The molecule has 1 fully saturated rings. The number of hydrogen-bond donors (Lipinski definition) is 1. The second kappa shape index (κ2) is 16.0. The van der Waals surface area contributed by atoms with E-state index in [1.54, 1.807) is 0 Å². The van der Waals surface area contributed by atoms with Crippen molar-refractivity contribution in [2.45, 2.75) is 74.1 Å². The highest BCUT2D eigenvalue weighted by Crippen LogP contribution is 2.26. The monoisotopic (exact) mass is 245 g/mol. The van der Waals surface area contributed by atoms with Gasteiger partial charge in [0.15, 0.2) is 0 Å². The molecular formula is C16H39N. The largest absolute Gasteiger partial charge is 0.323 e. The van der Waals surface area contributed by atoms with Crippen molar-refractivity contribution in [2.24, 2.45) is 17.8 Å². The molecule has 1 saturated carbocycles. The third kappa shape index (κ3) is 25.9. The smallest absolute Gasteiger partial charge is 0.0167 e. The van der Waals surface area contributed by atoms with Crippen molar-refractivity contribution >= 4 is 0 Å². The SMILES string of the molecule is C.CC1CC1.CCC(C)CC(C)CC.CNC. The summed E-state index contributed by atoms with van der Waals surface area (Å²) in [6, 6.07) is 0. The molecule has 1 aliphatic carbocycles. The minimum atomic E-state index is 0. The molecule has 2 atom stereocenters. The van der Waals surface area contributed by atoms with Crippen LogP contribution in [0.25, 0.3) is 0 Å². The first-order valence-electron chi connectivity index (χ1n) is 7.10. The van der Waals surface area contributed by atoms with Crippen molar-refractivity contribution in [1.29, 1.82) is 0 Å². The van der Waals surface area contributed by atoms with Crippen molar-refractivity contribution in [2.75, 3.05) is 14.1 Å². The summed E-state index contributed by atoms with van der Waals surface area (Å²) in [4.78, 5) is 0. The lowest BCUT2D eigenvalue weighted by Gasteiger charge is -2.12. The van der Waals surface area contributed by atoms with Gasteiger partial charge in [-0.15, -0.1) is 0 Å². The fourth-order valence-corrected chi connectivity index (χ4v) is 1.19. The lowest BCUT2D eigenvalue weighted by Crippen LogP contribution is -2.00. The highest BCUT2D eigenvalue weighted by atomic mass is 14.7. The van der Waals surface area contributed by atoms with Crippen LogP contribution in [-0.4, -0.2) is 14.1 Å². The van der Waals surface area contributed by atoms with Gasteiger partial charge in [0.1, 0.15) is 0 Å². The molecule has 0 aliphatic heterocycles. The van der Waals surface area contributed by atoms with Crippen LogP contribution < -0.4 is 5.32 Å². The van der Waals surface area contributed by atoms with E-state index in [0.717, 1.165) is 17.8 Å². The average Bonchev–Trinajstić information content (AvgIpc) is 3.02. The lowest BCUT2D eigenvalue weighted by atomic mass is 9.94. The van der Waals surface area contributed by atoms with Gasteiger partial charge in [-0.2, -0.15) is 0 Å². The minimum absolute atomic E-state index is 0. The first-order chi connectivity index (χ1) is 7.51. The number of nitrogens with one attached hydrogen (secondary N) is 1. The van der Waals surface area contributed by atoms with Gasteiger partial charge in [-0.05, 0) is 38.3 Å². The Kier molecular flexibility index (Phi) is 20.8. The van der Waals surface area contributed by atoms with Gasteiger partial charge in [-0.3, -0.25) is 0 Å². The summed E-state index contributed by atoms with van der Waals surface area (Å²) in [5.41, 5.74) is 0. The summed E-state index contributed by atoms with van der Waals surface area (Å²) >= 11 is 0. The molecule has 1 rings (SSSR count). The fourth-order valence-electron chi connectivity index (χ4n) is 1.19. The van der Waals surface area contributed by atoms with Gasteiger partial charge in [0.05, 0.1) is 0 Å². The zero-order chi connectivity index (χ0) is 13.0. The third-order valence-electron chi connectivity index (χ3n) is 3.06. The maximum absolute atomic E-state index is 2.75. The summed E-state index contributed by atoms with van der Waals surface area (Å²) in [6.07, 6.45) is 7.06. The van der Waals surface area contributed by atoms with Gasteiger partial charge < -0.3 is 5.32 Å². The molecule has 1 nitrogen and oxygen atoms in total. The summed E-state index contributed by atoms with van der Waals surface area (Å²) in [5, 5.41) is 2.75. The predicted molar refractivity (Wildman–Crippen MR) is 83.6 cm³/mol. The van der Waals surface area contributed by atoms with Gasteiger partial charge in [-0.1, -0.05) is 67.7 Å². The Morgan fingerprint density at radius 3 is 1.35 bits per heavy atom. The van der Waals surface area contributed by atoms with Gasteiger partial charge in [0.25, 0.3) is 0 Å². The number of rotatable bonds is 4. The second-order valence-corrected chi connectivity index (χ2v) is 5.45. The summed E-state index contributed by atoms with van der Waals surface area (Å²) in [5.74, 6) is 2.94. The highest BCUT2D eigenvalue weighted by molar-refractivity contribution is 4.65. The Morgan fingerprint density at radius 2 is 1.24 bits per heavy atom. The van der Waals surface area contributed by atoms with Crippen LogP contribution in [0, 0.1) is 17.8 Å². The molecule has 108 valence electrons. The Labute approximate surface area is 112 Å². The summed E-state index contributed by atoms with van der Waals surface area (Å²) in [6.45, 7) is 11.5. The molecular weight excluding hydrogens is 206 g/mol. The van der Waals surface area contributed by atoms with Crippen molar-refractivity contribution in [1.82, 2.24) is 5.32 Å². The standard InChI is InChI=1S/C9H20.C4H8.C2H7N.CH4/c1-5-8(3)7-9(4)6-2;1-4-2-3-4;1-3-2;/h8-9H,5-7H2,1-4H3;4H,2-3H2,1H3;3H,1-2H3;1H4. The van der Waals surface area contributed by atoms with Crippen molar-refractivity contribution < 1.29 is 0 Å². The zero-order valence-corrected chi connectivity index (χ0v) is 12.8. The van der Waals surface area contributed by atoms with Crippen LogP contribution in [0.15, 0.2) is 0 Å². The Bertz CT molecular complexity index is 111. The van der Waals surface area contributed by atoms with E-state index in [0.29, 0.717) is 0 Å². The van der Waals surface area contributed by atoms with Gasteiger partial charge in [-0.25, -0.2) is 0 Å². The van der Waals surface area contributed by atoms with Crippen molar-refractivity contribution in [3.05, 3.63) is 0 Å². The van der Waals surface area contributed by atoms with Crippen LogP contribution in [-0.2, 0) is 0 Å². The molecule has 0 heterocycles. The topological polar surface area (TPSA) is 12.0 Å². The van der Waals surface area contributed by atoms with Crippen LogP contribution in [0.3, 0.4) is 0 Å². The Hall–Kier alpha value is -0.0400. The maximum Gasteiger partial charge on any atom is -0.0167 e. The fraction of sp³-hybridized carbons (Fsp3) is 1.00. The van der Waals surface area contributed by atoms with Crippen LogP contribution in [0.5, 0.6) is 0 Å². The van der Waals surface area contributed by atoms with E-state index >= 15 is 0 Å². The molecule has 0 aromatic carbocycles. The Balaban J connectivity index is -0.000000203. The van der Waals surface area contributed by atoms with Crippen molar-refractivity contribution in [3.8, 4) is 0 Å². The van der Waals surface area contributed by atoms with Gasteiger partial charge in [0.2, 0.25) is 0 Å². The van der Waals surface area contributed by atoms with Crippen molar-refractivity contribution in [3.63, 3.8) is 0 Å². The first kappa shape index (κ1) is 22.2. The molecule has 2 unspecified atom stereocenters. The van der Waals surface area contributed by atoms with E-state index in [1.165, 1.54) is 32.1 Å². The molecule has 0 aromatic heterocycles. The quantitative estimate of drug-likeness (QED) is 0.703. The van der Waals surface area contributed by atoms with E-state index < -0.39 is 0 Å². The van der Waals surface area contributed by atoms with Crippen LogP contribution in [0.2, 0.25) is 0 Å². The average molecular weight is 245 g/mol.